The topological polar surface area (TPSA) is 35.5 Å². The van der Waals surface area contributed by atoms with Gasteiger partial charge in [-0.05, 0) is 35.0 Å². The Balaban J connectivity index is 2.01. The maximum absolute atomic E-state index is 12.5. The van der Waals surface area contributed by atoms with Crippen LogP contribution in [-0.2, 0) is 0 Å². The number of benzene rings is 3. The Kier molecular flexibility index (Phi) is 4.42. The van der Waals surface area contributed by atoms with Crippen LogP contribution in [0.2, 0.25) is 10.0 Å². The number of hydrogen-bond donors (Lipinski definition) is 0. The van der Waals surface area contributed by atoms with E-state index in [9.17, 15) is 4.79 Å². The molecule has 0 aliphatic carbocycles. The van der Waals surface area contributed by atoms with E-state index in [4.69, 9.17) is 32.7 Å². The van der Waals surface area contributed by atoms with E-state index in [1.54, 1.807) is 24.3 Å². The number of esters is 1. The van der Waals surface area contributed by atoms with Crippen molar-refractivity contribution in [1.29, 1.82) is 0 Å². The molecule has 3 nitrogen and oxygen atoms in total. The van der Waals surface area contributed by atoms with Crippen LogP contribution < -0.4 is 9.47 Å². The van der Waals surface area contributed by atoms with Crippen molar-refractivity contribution >= 4 is 39.9 Å². The fraction of sp³-hybridized carbons (Fsp3) is 0.0556. The van der Waals surface area contributed by atoms with Gasteiger partial charge < -0.3 is 9.47 Å². The van der Waals surface area contributed by atoms with Crippen LogP contribution in [0.5, 0.6) is 11.5 Å². The highest BCUT2D eigenvalue weighted by Crippen LogP contribution is 2.31. The third-order valence-corrected chi connectivity index (χ3v) is 3.93. The van der Waals surface area contributed by atoms with E-state index in [0.717, 1.165) is 10.8 Å². The molecular weight excluding hydrogens is 335 g/mol. The van der Waals surface area contributed by atoms with Crippen molar-refractivity contribution in [2.75, 3.05) is 7.11 Å². The first kappa shape index (κ1) is 15.7. The van der Waals surface area contributed by atoms with E-state index in [1.807, 2.05) is 24.3 Å². The monoisotopic (exact) mass is 346 g/mol. The highest BCUT2D eigenvalue weighted by Gasteiger charge is 2.17. The van der Waals surface area contributed by atoms with Gasteiger partial charge in [0.05, 0.1) is 12.1 Å². The molecule has 0 saturated heterocycles. The zero-order valence-electron chi connectivity index (χ0n) is 12.2. The van der Waals surface area contributed by atoms with E-state index in [0.29, 0.717) is 21.4 Å². The maximum Gasteiger partial charge on any atom is 0.347 e. The lowest BCUT2D eigenvalue weighted by atomic mass is 10.1. The summed E-state index contributed by atoms with van der Waals surface area (Å²) in [5.41, 5.74) is 0.322. The van der Waals surface area contributed by atoms with E-state index in [2.05, 4.69) is 0 Å². The third-order valence-electron chi connectivity index (χ3n) is 3.38. The fourth-order valence-corrected chi connectivity index (χ4v) is 2.58. The Bertz CT molecular complexity index is 891. The van der Waals surface area contributed by atoms with Gasteiger partial charge in [-0.25, -0.2) is 4.79 Å². The molecule has 0 amide bonds. The molecule has 0 bridgehead atoms. The average molecular weight is 347 g/mol. The molecule has 0 atom stereocenters. The second-order valence-corrected chi connectivity index (χ2v) is 5.71. The summed E-state index contributed by atoms with van der Waals surface area (Å²) in [5, 5.41) is 2.63. The predicted molar refractivity (Wildman–Crippen MR) is 91.9 cm³/mol. The van der Waals surface area contributed by atoms with E-state index in [-0.39, 0.29) is 5.75 Å². The second-order valence-electron chi connectivity index (χ2n) is 4.86. The van der Waals surface area contributed by atoms with Gasteiger partial charge in [-0.3, -0.25) is 0 Å². The van der Waals surface area contributed by atoms with Crippen LogP contribution >= 0.6 is 23.2 Å². The summed E-state index contributed by atoms with van der Waals surface area (Å²) in [7, 11) is 1.51. The fourth-order valence-electron chi connectivity index (χ4n) is 2.26. The molecule has 23 heavy (non-hydrogen) atoms. The molecule has 0 aliphatic heterocycles. The SMILES string of the molecule is COc1cc2ccccc2cc1C(=O)Oc1cc(Cl)ccc1Cl. The number of ether oxygens (including phenoxy) is 2. The van der Waals surface area contributed by atoms with Crippen molar-refractivity contribution in [3.8, 4) is 11.5 Å². The van der Waals surface area contributed by atoms with Crippen LogP contribution in [0.1, 0.15) is 10.4 Å². The lowest BCUT2D eigenvalue weighted by Crippen LogP contribution is -2.10. The van der Waals surface area contributed by atoms with Gasteiger partial charge in [0, 0.05) is 11.1 Å². The molecule has 0 aromatic heterocycles. The minimum atomic E-state index is -0.559. The number of hydrogen-bond acceptors (Lipinski definition) is 3. The lowest BCUT2D eigenvalue weighted by Gasteiger charge is -2.11. The summed E-state index contributed by atoms with van der Waals surface area (Å²) in [6, 6.07) is 15.9. The highest BCUT2D eigenvalue weighted by atomic mass is 35.5. The molecule has 0 fully saturated rings. The Morgan fingerprint density at radius 3 is 2.30 bits per heavy atom. The molecule has 0 aliphatic rings. The number of rotatable bonds is 3. The van der Waals surface area contributed by atoms with Gasteiger partial charge in [-0.2, -0.15) is 0 Å². The molecule has 5 heteroatoms. The molecule has 0 radical (unpaired) electrons. The number of halogens is 2. The van der Waals surface area contributed by atoms with Gasteiger partial charge in [0.15, 0.2) is 5.75 Å². The third kappa shape index (κ3) is 3.26. The van der Waals surface area contributed by atoms with Crippen molar-refractivity contribution in [2.45, 2.75) is 0 Å². The molecule has 0 spiro atoms. The minimum Gasteiger partial charge on any atom is -0.496 e. The number of methoxy groups -OCH3 is 1. The normalized spacial score (nSPS) is 10.6. The van der Waals surface area contributed by atoms with Crippen molar-refractivity contribution < 1.29 is 14.3 Å². The summed E-state index contributed by atoms with van der Waals surface area (Å²) < 4.78 is 10.7. The van der Waals surface area contributed by atoms with Crippen molar-refractivity contribution in [3.05, 3.63) is 70.2 Å². The Morgan fingerprint density at radius 1 is 0.913 bits per heavy atom. The molecule has 0 heterocycles. The number of carbonyl (C=O) groups excluding carboxylic acids is 1. The zero-order valence-corrected chi connectivity index (χ0v) is 13.7. The molecule has 0 N–H and O–H groups in total. The summed E-state index contributed by atoms with van der Waals surface area (Å²) in [6.07, 6.45) is 0. The second kappa shape index (κ2) is 6.49. The quantitative estimate of drug-likeness (QED) is 0.472. The van der Waals surface area contributed by atoms with Gasteiger partial charge in [0.1, 0.15) is 11.3 Å². The van der Waals surface area contributed by atoms with Crippen molar-refractivity contribution in [2.24, 2.45) is 0 Å². The largest absolute Gasteiger partial charge is 0.496 e. The van der Waals surface area contributed by atoms with Crippen LogP contribution in [0.25, 0.3) is 10.8 Å². The van der Waals surface area contributed by atoms with Gasteiger partial charge in [0.2, 0.25) is 0 Å². The Morgan fingerprint density at radius 2 is 1.61 bits per heavy atom. The Labute approximate surface area is 143 Å². The summed E-state index contributed by atoms with van der Waals surface area (Å²) >= 11 is 11.9. The first-order valence-corrected chi connectivity index (χ1v) is 7.58. The zero-order chi connectivity index (χ0) is 16.4. The van der Waals surface area contributed by atoms with E-state index in [1.165, 1.54) is 13.2 Å². The van der Waals surface area contributed by atoms with Crippen molar-refractivity contribution in [1.82, 2.24) is 0 Å². The average Bonchev–Trinajstić information content (AvgIpc) is 2.56. The summed E-state index contributed by atoms with van der Waals surface area (Å²) in [5.74, 6) is 0.0861. The molecule has 3 aromatic carbocycles. The van der Waals surface area contributed by atoms with Crippen LogP contribution in [0.15, 0.2) is 54.6 Å². The first-order valence-electron chi connectivity index (χ1n) is 6.82. The van der Waals surface area contributed by atoms with E-state index < -0.39 is 5.97 Å². The van der Waals surface area contributed by atoms with Crippen LogP contribution in [0.3, 0.4) is 0 Å². The standard InChI is InChI=1S/C18H12Cl2O3/c1-22-16-9-12-5-3-2-4-11(12)8-14(16)18(21)23-17-10-13(19)6-7-15(17)20/h2-10H,1H3. The molecule has 116 valence electrons. The molecule has 3 aromatic rings. The predicted octanol–water partition coefficient (Wildman–Crippen LogP) is 5.37. The molecule has 0 saturated carbocycles. The smallest absolute Gasteiger partial charge is 0.347 e. The van der Waals surface area contributed by atoms with Crippen LogP contribution in [0, 0.1) is 0 Å². The van der Waals surface area contributed by atoms with Crippen LogP contribution in [0.4, 0.5) is 0 Å². The molecular formula is C18H12Cl2O3. The maximum atomic E-state index is 12.5. The molecule has 0 unspecified atom stereocenters. The van der Waals surface area contributed by atoms with Gasteiger partial charge in [-0.15, -0.1) is 0 Å². The van der Waals surface area contributed by atoms with Crippen LogP contribution in [-0.4, -0.2) is 13.1 Å². The summed E-state index contributed by atoms with van der Waals surface area (Å²) in [4.78, 5) is 12.5. The summed E-state index contributed by atoms with van der Waals surface area (Å²) in [6.45, 7) is 0. The van der Waals surface area contributed by atoms with Crippen molar-refractivity contribution in [3.63, 3.8) is 0 Å². The first-order chi connectivity index (χ1) is 11.1. The van der Waals surface area contributed by atoms with Gasteiger partial charge in [-0.1, -0.05) is 47.5 Å². The highest BCUT2D eigenvalue weighted by molar-refractivity contribution is 6.34. The van der Waals surface area contributed by atoms with Gasteiger partial charge >= 0.3 is 5.97 Å². The number of carbonyl (C=O) groups is 1. The molecule has 3 rings (SSSR count). The Hall–Kier alpha value is -2.23. The van der Waals surface area contributed by atoms with Gasteiger partial charge in [0.25, 0.3) is 0 Å². The lowest BCUT2D eigenvalue weighted by molar-refractivity contribution is 0.0731. The number of fused-ring (bicyclic) bond motifs is 1. The minimum absolute atomic E-state index is 0.208. The van der Waals surface area contributed by atoms with E-state index >= 15 is 0 Å².